The summed E-state index contributed by atoms with van der Waals surface area (Å²) in [6, 6.07) is 8.62. The zero-order valence-corrected chi connectivity index (χ0v) is 19.3. The summed E-state index contributed by atoms with van der Waals surface area (Å²) in [5.74, 6) is 1.23. The Balaban J connectivity index is 1.29. The molecule has 31 heavy (non-hydrogen) atoms. The molecule has 168 valence electrons. The molecular weight excluding hydrogens is 384 g/mol. The predicted octanol–water partition coefficient (Wildman–Crippen LogP) is 4.51. The van der Waals surface area contributed by atoms with Crippen LogP contribution >= 0.6 is 0 Å². The Hall–Kier alpha value is -1.68. The summed E-state index contributed by atoms with van der Waals surface area (Å²) in [7, 11) is 0. The lowest BCUT2D eigenvalue weighted by Crippen LogP contribution is -2.52. The highest BCUT2D eigenvalue weighted by Gasteiger charge is 2.63. The average molecular weight is 423 g/mol. The standard InChI is InChI=1S/C27H38N2O2/c1-19(2)23-16-27(23,28-25(31)22-11-5-6-12-26(22)13-14-26)24(30)18-29-15-7-10-20-8-3-4-9-21(20)17-29/h3-4,8-9,19,22-23H,5-7,10-18H2,1-2H3,(H,28,31)/t22-,23-,27?/m0/s1. The van der Waals surface area contributed by atoms with E-state index in [2.05, 4.69) is 48.3 Å². The lowest BCUT2D eigenvalue weighted by molar-refractivity contribution is -0.134. The maximum absolute atomic E-state index is 13.7. The number of benzene rings is 1. The molecule has 3 saturated carbocycles. The van der Waals surface area contributed by atoms with E-state index in [1.54, 1.807) is 0 Å². The fraction of sp³-hybridized carbons (Fsp3) is 0.704. The van der Waals surface area contributed by atoms with Crippen molar-refractivity contribution in [3.05, 3.63) is 35.4 Å². The van der Waals surface area contributed by atoms with Gasteiger partial charge in [0.1, 0.15) is 5.54 Å². The number of amides is 1. The third kappa shape index (κ3) is 3.97. The smallest absolute Gasteiger partial charge is 0.224 e. The first-order valence-electron chi connectivity index (χ1n) is 12.6. The van der Waals surface area contributed by atoms with Gasteiger partial charge in [0.15, 0.2) is 5.78 Å². The molecule has 1 heterocycles. The number of ketones is 1. The van der Waals surface area contributed by atoms with Crippen LogP contribution in [0.15, 0.2) is 24.3 Å². The molecule has 4 aliphatic rings. The third-order valence-electron chi connectivity index (χ3n) is 8.83. The minimum absolute atomic E-state index is 0.129. The topological polar surface area (TPSA) is 49.4 Å². The van der Waals surface area contributed by atoms with E-state index in [4.69, 9.17) is 0 Å². The van der Waals surface area contributed by atoms with Crippen LogP contribution in [0.2, 0.25) is 0 Å². The van der Waals surface area contributed by atoms with Crippen LogP contribution in [0.5, 0.6) is 0 Å². The van der Waals surface area contributed by atoms with Crippen molar-refractivity contribution in [1.29, 1.82) is 0 Å². The van der Waals surface area contributed by atoms with Crippen molar-refractivity contribution in [3.8, 4) is 0 Å². The van der Waals surface area contributed by atoms with E-state index in [1.807, 2.05) is 0 Å². The summed E-state index contributed by atoms with van der Waals surface area (Å²) in [4.78, 5) is 29.4. The van der Waals surface area contributed by atoms with E-state index in [0.29, 0.717) is 12.5 Å². The van der Waals surface area contributed by atoms with E-state index in [0.717, 1.165) is 45.2 Å². The Morgan fingerprint density at radius 1 is 1.10 bits per heavy atom. The van der Waals surface area contributed by atoms with Crippen molar-refractivity contribution in [2.75, 3.05) is 13.1 Å². The molecule has 0 saturated heterocycles. The van der Waals surface area contributed by atoms with Crippen molar-refractivity contribution in [1.82, 2.24) is 10.2 Å². The molecule has 4 nitrogen and oxygen atoms in total. The van der Waals surface area contributed by atoms with E-state index < -0.39 is 5.54 Å². The van der Waals surface area contributed by atoms with Crippen LogP contribution in [0.1, 0.15) is 76.3 Å². The van der Waals surface area contributed by atoms with Gasteiger partial charge in [-0.25, -0.2) is 0 Å². The molecule has 1 aromatic rings. The molecule has 1 spiro atoms. The number of fused-ring (bicyclic) bond motifs is 1. The van der Waals surface area contributed by atoms with Crippen LogP contribution in [-0.2, 0) is 22.6 Å². The fourth-order valence-electron chi connectivity index (χ4n) is 6.66. The van der Waals surface area contributed by atoms with Gasteiger partial charge in [-0.15, -0.1) is 0 Å². The summed E-state index contributed by atoms with van der Waals surface area (Å²) >= 11 is 0. The highest BCUT2D eigenvalue weighted by molar-refractivity contribution is 5.98. The van der Waals surface area contributed by atoms with Crippen molar-refractivity contribution in [2.45, 2.75) is 83.7 Å². The van der Waals surface area contributed by atoms with Gasteiger partial charge in [0.2, 0.25) is 5.91 Å². The lowest BCUT2D eigenvalue weighted by Gasteiger charge is -2.33. The quantitative estimate of drug-likeness (QED) is 0.734. The maximum Gasteiger partial charge on any atom is 0.224 e. The minimum Gasteiger partial charge on any atom is -0.343 e. The summed E-state index contributed by atoms with van der Waals surface area (Å²) < 4.78 is 0. The monoisotopic (exact) mass is 422 g/mol. The third-order valence-corrected chi connectivity index (χ3v) is 8.83. The predicted molar refractivity (Wildman–Crippen MR) is 122 cm³/mol. The van der Waals surface area contributed by atoms with Gasteiger partial charge in [0.25, 0.3) is 0 Å². The van der Waals surface area contributed by atoms with Crippen molar-refractivity contribution >= 4 is 11.7 Å². The number of hydrogen-bond acceptors (Lipinski definition) is 3. The molecule has 0 bridgehead atoms. The van der Waals surface area contributed by atoms with Crippen LogP contribution < -0.4 is 5.32 Å². The van der Waals surface area contributed by atoms with E-state index in [-0.39, 0.29) is 28.9 Å². The van der Waals surface area contributed by atoms with Crippen molar-refractivity contribution < 1.29 is 9.59 Å². The van der Waals surface area contributed by atoms with Crippen LogP contribution in [-0.4, -0.2) is 35.2 Å². The second-order valence-electron chi connectivity index (χ2n) is 11.2. The van der Waals surface area contributed by atoms with Gasteiger partial charge in [-0.2, -0.15) is 0 Å². The number of nitrogens with zero attached hydrogens (tertiary/aromatic N) is 1. The summed E-state index contributed by atoms with van der Waals surface area (Å²) in [5, 5.41) is 3.37. The molecule has 3 aliphatic carbocycles. The largest absolute Gasteiger partial charge is 0.343 e. The maximum atomic E-state index is 13.7. The first kappa shape index (κ1) is 21.2. The summed E-state index contributed by atoms with van der Waals surface area (Å²) in [6.07, 6.45) is 10.0. The zero-order valence-electron chi connectivity index (χ0n) is 19.3. The summed E-state index contributed by atoms with van der Waals surface area (Å²) in [5.41, 5.74) is 2.41. The molecular formula is C27H38N2O2. The number of rotatable bonds is 6. The van der Waals surface area contributed by atoms with Crippen LogP contribution in [0.4, 0.5) is 0 Å². The van der Waals surface area contributed by atoms with Gasteiger partial charge in [-0.3, -0.25) is 14.5 Å². The number of carbonyl (C=O) groups excluding carboxylic acids is 2. The molecule has 3 fully saturated rings. The van der Waals surface area contributed by atoms with Crippen LogP contribution in [0.25, 0.3) is 0 Å². The number of hydrogen-bond donors (Lipinski definition) is 1. The van der Waals surface area contributed by atoms with Gasteiger partial charge in [-0.1, -0.05) is 51.0 Å². The normalized spacial score (nSPS) is 31.7. The zero-order chi connectivity index (χ0) is 21.6. The van der Waals surface area contributed by atoms with Gasteiger partial charge < -0.3 is 5.32 Å². The molecule has 1 N–H and O–H groups in total. The molecule has 1 amide bonds. The molecule has 1 aromatic carbocycles. The number of nitrogens with one attached hydrogen (secondary N) is 1. The number of aryl methyl sites for hydroxylation is 1. The average Bonchev–Trinajstić information content (AvgIpc) is 3.65. The highest BCUT2D eigenvalue weighted by Crippen LogP contribution is 2.60. The van der Waals surface area contributed by atoms with Crippen LogP contribution in [0.3, 0.4) is 0 Å². The summed E-state index contributed by atoms with van der Waals surface area (Å²) in [6.45, 7) is 6.62. The van der Waals surface area contributed by atoms with Gasteiger partial charge in [0.05, 0.1) is 6.54 Å². The van der Waals surface area contributed by atoms with Gasteiger partial charge in [0, 0.05) is 12.5 Å². The Morgan fingerprint density at radius 2 is 1.87 bits per heavy atom. The molecule has 1 unspecified atom stereocenters. The Bertz CT molecular complexity index is 859. The number of Topliss-reactive ketones (excluding diaryl/α,β-unsaturated/α-hetero) is 1. The van der Waals surface area contributed by atoms with Gasteiger partial charge in [-0.05, 0) is 79.9 Å². The fourth-order valence-corrected chi connectivity index (χ4v) is 6.66. The van der Waals surface area contributed by atoms with E-state index in [9.17, 15) is 9.59 Å². The first-order chi connectivity index (χ1) is 14.9. The Kier molecular flexibility index (Phi) is 5.48. The SMILES string of the molecule is CC(C)[C@@H]1CC1(NC(=O)[C@@H]1CCCCC12CC2)C(=O)CN1CCCc2ccccc2C1. The molecule has 1 aliphatic heterocycles. The minimum atomic E-state index is -0.620. The molecule has 3 atom stereocenters. The van der Waals surface area contributed by atoms with Crippen molar-refractivity contribution in [2.24, 2.45) is 23.2 Å². The Morgan fingerprint density at radius 3 is 2.58 bits per heavy atom. The van der Waals surface area contributed by atoms with E-state index >= 15 is 0 Å². The van der Waals surface area contributed by atoms with Crippen LogP contribution in [0, 0.1) is 23.2 Å². The van der Waals surface area contributed by atoms with Gasteiger partial charge >= 0.3 is 0 Å². The second kappa shape index (κ2) is 8.03. The molecule has 5 rings (SSSR count). The first-order valence-corrected chi connectivity index (χ1v) is 12.6. The molecule has 0 radical (unpaired) electrons. The Labute approximate surface area is 187 Å². The molecule has 4 heteroatoms. The van der Waals surface area contributed by atoms with E-state index in [1.165, 1.54) is 36.8 Å². The second-order valence-corrected chi connectivity index (χ2v) is 11.2. The number of carbonyl (C=O) groups is 2. The lowest BCUT2D eigenvalue weighted by atomic mass is 9.75. The molecule has 0 aromatic heterocycles. The van der Waals surface area contributed by atoms with Crippen molar-refractivity contribution in [3.63, 3.8) is 0 Å². The highest BCUT2D eigenvalue weighted by atomic mass is 16.2.